The Bertz CT molecular complexity index is 258. The average molecular weight is 142 g/mol. The first kappa shape index (κ1) is 6.12. The molecule has 1 aromatic rings. The number of hydrogen-bond acceptors (Lipinski definition) is 2. The molecular weight excluding hydrogens is 138 g/mol. The molecule has 0 unspecified atom stereocenters. The largest absolute Gasteiger partial charge is 0.280 e. The highest BCUT2D eigenvalue weighted by Crippen LogP contribution is 2.14. The zero-order valence-electron chi connectivity index (χ0n) is 4.77. The first-order chi connectivity index (χ1) is 4.25. The number of aryl methyl sites for hydroxylation is 1. The number of H-pyrrole nitrogens is 1. The molecule has 9 heavy (non-hydrogen) atoms. The molecule has 0 saturated heterocycles. The predicted octanol–water partition coefficient (Wildman–Crippen LogP) is 1.24. The van der Waals surface area contributed by atoms with Gasteiger partial charge in [0.1, 0.15) is 6.07 Å². The fourth-order valence-corrected chi connectivity index (χ4v) is 0.616. The second-order valence-corrected chi connectivity index (χ2v) is 2.00. The summed E-state index contributed by atoms with van der Waals surface area (Å²) < 4.78 is 0. The van der Waals surface area contributed by atoms with E-state index in [4.69, 9.17) is 16.9 Å². The molecule has 0 amide bonds. The minimum atomic E-state index is 0.258. The second-order valence-electron chi connectivity index (χ2n) is 1.62. The van der Waals surface area contributed by atoms with Crippen LogP contribution in [-0.4, -0.2) is 10.2 Å². The highest BCUT2D eigenvalue weighted by Gasteiger charge is 2.04. The van der Waals surface area contributed by atoms with Crippen molar-refractivity contribution in [2.45, 2.75) is 6.92 Å². The summed E-state index contributed by atoms with van der Waals surface area (Å²) in [5.41, 5.74) is 0.988. The lowest BCUT2D eigenvalue weighted by molar-refractivity contribution is 1.03. The van der Waals surface area contributed by atoms with Gasteiger partial charge in [-0.05, 0) is 6.92 Å². The number of rotatable bonds is 0. The van der Waals surface area contributed by atoms with Crippen LogP contribution in [0.1, 0.15) is 11.4 Å². The average Bonchev–Trinajstić information content (AvgIpc) is 2.15. The quantitative estimate of drug-likeness (QED) is 0.591. The highest BCUT2D eigenvalue weighted by atomic mass is 35.5. The lowest BCUT2D eigenvalue weighted by Crippen LogP contribution is -1.70. The molecule has 0 saturated carbocycles. The summed E-state index contributed by atoms with van der Waals surface area (Å²) in [7, 11) is 0. The monoisotopic (exact) mass is 141 g/mol. The van der Waals surface area contributed by atoms with Crippen LogP contribution in [0.4, 0.5) is 0 Å². The maximum atomic E-state index is 8.31. The summed E-state index contributed by atoms with van der Waals surface area (Å²) in [6, 6.07) is 1.84. The van der Waals surface area contributed by atoms with Crippen LogP contribution in [0.25, 0.3) is 0 Å². The van der Waals surface area contributed by atoms with Crippen molar-refractivity contribution in [2.24, 2.45) is 0 Å². The molecule has 1 aromatic heterocycles. The molecule has 4 heteroatoms. The third-order valence-electron chi connectivity index (χ3n) is 0.978. The lowest BCUT2D eigenvalue weighted by Gasteiger charge is -1.78. The predicted molar refractivity (Wildman–Crippen MR) is 33.0 cm³/mol. The van der Waals surface area contributed by atoms with E-state index < -0.39 is 0 Å². The minimum absolute atomic E-state index is 0.258. The van der Waals surface area contributed by atoms with Gasteiger partial charge in [-0.1, -0.05) is 11.6 Å². The topological polar surface area (TPSA) is 52.5 Å². The van der Waals surface area contributed by atoms with Gasteiger partial charge >= 0.3 is 0 Å². The smallest absolute Gasteiger partial charge is 0.181 e. The van der Waals surface area contributed by atoms with Crippen molar-refractivity contribution >= 4 is 11.6 Å². The van der Waals surface area contributed by atoms with Crippen LogP contribution in [0, 0.1) is 18.3 Å². The normalized spacial score (nSPS) is 9.00. The molecule has 1 heterocycles. The van der Waals surface area contributed by atoms with Gasteiger partial charge in [-0.15, -0.1) is 0 Å². The third-order valence-corrected chi connectivity index (χ3v) is 1.44. The Morgan fingerprint density at radius 1 is 1.78 bits per heavy atom. The minimum Gasteiger partial charge on any atom is -0.280 e. The van der Waals surface area contributed by atoms with Gasteiger partial charge in [0.2, 0.25) is 0 Å². The summed E-state index contributed by atoms with van der Waals surface area (Å²) in [5, 5.41) is 14.9. The van der Waals surface area contributed by atoms with Crippen molar-refractivity contribution in [3.8, 4) is 6.07 Å². The van der Waals surface area contributed by atoms with Crippen molar-refractivity contribution in [1.82, 2.24) is 10.2 Å². The Labute approximate surface area is 57.3 Å². The van der Waals surface area contributed by atoms with Crippen molar-refractivity contribution in [3.63, 3.8) is 0 Å². The van der Waals surface area contributed by atoms with Crippen LogP contribution in [0.5, 0.6) is 0 Å². The Hall–Kier alpha value is -1.01. The molecule has 0 fully saturated rings. The van der Waals surface area contributed by atoms with Gasteiger partial charge in [0.25, 0.3) is 0 Å². The molecule has 0 atom stereocenters. The highest BCUT2D eigenvalue weighted by molar-refractivity contribution is 6.32. The molecule has 0 aliphatic carbocycles. The second kappa shape index (κ2) is 2.08. The van der Waals surface area contributed by atoms with E-state index in [-0.39, 0.29) is 5.69 Å². The molecule has 1 N–H and O–H groups in total. The Morgan fingerprint density at radius 3 is 2.67 bits per heavy atom. The molecule has 0 aromatic carbocycles. The van der Waals surface area contributed by atoms with Crippen LogP contribution >= 0.6 is 11.6 Å². The fraction of sp³-hybridized carbons (Fsp3) is 0.200. The zero-order valence-corrected chi connectivity index (χ0v) is 5.53. The summed E-state index contributed by atoms with van der Waals surface area (Å²) in [5.74, 6) is 0. The Morgan fingerprint density at radius 2 is 2.44 bits per heavy atom. The molecule has 0 spiro atoms. The van der Waals surface area contributed by atoms with Gasteiger partial charge in [-0.3, -0.25) is 5.10 Å². The van der Waals surface area contributed by atoms with E-state index in [9.17, 15) is 0 Å². The van der Waals surface area contributed by atoms with Crippen LogP contribution in [0.3, 0.4) is 0 Å². The molecule has 0 radical (unpaired) electrons. The number of aromatic amines is 1. The number of aromatic nitrogens is 2. The van der Waals surface area contributed by atoms with E-state index in [0.717, 1.165) is 5.69 Å². The van der Waals surface area contributed by atoms with Crippen LogP contribution in [-0.2, 0) is 0 Å². The molecule has 3 nitrogen and oxygen atoms in total. The van der Waals surface area contributed by atoms with Crippen LogP contribution in [0.15, 0.2) is 0 Å². The van der Waals surface area contributed by atoms with Crippen LogP contribution in [0.2, 0.25) is 5.02 Å². The third kappa shape index (κ3) is 0.889. The van der Waals surface area contributed by atoms with Gasteiger partial charge in [-0.2, -0.15) is 10.4 Å². The van der Waals surface area contributed by atoms with Gasteiger partial charge < -0.3 is 0 Å². The van der Waals surface area contributed by atoms with E-state index in [1.807, 2.05) is 6.07 Å². The standard InChI is InChI=1S/C5H4ClN3/c1-3-5(6)4(2-7)9-8-3/h1H3,(H,8,9). The number of halogens is 1. The van der Waals surface area contributed by atoms with Crippen molar-refractivity contribution in [2.75, 3.05) is 0 Å². The van der Waals surface area contributed by atoms with E-state index in [1.165, 1.54) is 0 Å². The Balaban J connectivity index is 3.24. The van der Waals surface area contributed by atoms with Crippen LogP contribution < -0.4 is 0 Å². The van der Waals surface area contributed by atoms with Crippen molar-refractivity contribution in [1.29, 1.82) is 5.26 Å². The lowest BCUT2D eigenvalue weighted by atomic mass is 10.4. The molecule has 1 rings (SSSR count). The van der Waals surface area contributed by atoms with Crippen molar-refractivity contribution < 1.29 is 0 Å². The first-order valence-electron chi connectivity index (χ1n) is 2.36. The van der Waals surface area contributed by atoms with Gasteiger partial charge in [0.15, 0.2) is 5.69 Å². The summed E-state index contributed by atoms with van der Waals surface area (Å²) in [4.78, 5) is 0. The molecular formula is C5H4ClN3. The zero-order chi connectivity index (χ0) is 6.85. The summed E-state index contributed by atoms with van der Waals surface area (Å²) in [6.45, 7) is 1.76. The number of nitrogens with one attached hydrogen (secondary N) is 1. The maximum Gasteiger partial charge on any atom is 0.181 e. The SMILES string of the molecule is Cc1[nH]nc(C#N)c1Cl. The molecule has 0 bridgehead atoms. The van der Waals surface area contributed by atoms with E-state index >= 15 is 0 Å². The number of hydrogen-bond donors (Lipinski definition) is 1. The van der Waals surface area contributed by atoms with E-state index in [2.05, 4.69) is 10.2 Å². The number of nitriles is 1. The fourth-order valence-electron chi connectivity index (χ4n) is 0.490. The summed E-state index contributed by atoms with van der Waals surface area (Å²) >= 11 is 5.59. The molecule has 0 aliphatic heterocycles. The number of nitrogens with zero attached hydrogens (tertiary/aromatic N) is 2. The molecule has 46 valence electrons. The molecule has 0 aliphatic rings. The van der Waals surface area contributed by atoms with Gasteiger partial charge in [0.05, 0.1) is 10.7 Å². The maximum absolute atomic E-state index is 8.31. The van der Waals surface area contributed by atoms with Gasteiger partial charge in [0, 0.05) is 0 Å². The van der Waals surface area contributed by atoms with Gasteiger partial charge in [-0.25, -0.2) is 0 Å². The Kier molecular flexibility index (Phi) is 1.41. The summed E-state index contributed by atoms with van der Waals surface area (Å²) in [6.07, 6.45) is 0. The van der Waals surface area contributed by atoms with Crippen molar-refractivity contribution in [3.05, 3.63) is 16.4 Å². The van der Waals surface area contributed by atoms with E-state index in [0.29, 0.717) is 5.02 Å². The van der Waals surface area contributed by atoms with E-state index in [1.54, 1.807) is 6.92 Å². The first-order valence-corrected chi connectivity index (χ1v) is 2.74.